The predicted molar refractivity (Wildman–Crippen MR) is 100 cm³/mol. The molecule has 0 aliphatic heterocycles. The van der Waals surface area contributed by atoms with Crippen LogP contribution in [0.3, 0.4) is 0 Å². The zero-order valence-electron chi connectivity index (χ0n) is 14.9. The Morgan fingerprint density at radius 2 is 1.77 bits per heavy atom. The van der Waals surface area contributed by atoms with Gasteiger partial charge in [-0.15, -0.1) is 0 Å². The average Bonchev–Trinajstić information content (AvgIpc) is 2.60. The molecular weight excluding hydrogens is 356 g/mol. The summed E-state index contributed by atoms with van der Waals surface area (Å²) in [5.74, 6) is -1.04. The highest BCUT2D eigenvalue weighted by molar-refractivity contribution is 7.92. The predicted octanol–water partition coefficient (Wildman–Crippen LogP) is 2.43. The lowest BCUT2D eigenvalue weighted by Crippen LogP contribution is -2.26. The summed E-state index contributed by atoms with van der Waals surface area (Å²) in [6.45, 7) is 1.76. The van der Waals surface area contributed by atoms with E-state index in [1.165, 1.54) is 20.2 Å². The van der Waals surface area contributed by atoms with Gasteiger partial charge < -0.3 is 10.1 Å². The minimum absolute atomic E-state index is 0.226. The number of nitrogens with zero attached hydrogens (tertiary/aromatic N) is 1. The third-order valence-corrected chi connectivity index (χ3v) is 5.08. The lowest BCUT2D eigenvalue weighted by molar-refractivity contribution is 0.0602. The zero-order chi connectivity index (χ0) is 19.5. The standard InChI is InChI=1S/C18H20N2O5S/c1-12-9-10-13(11-16(12)20(2)26(4,23)24)17(21)19-15-8-6-5-7-14(15)18(22)25-3/h5-11H,1-4H3,(H,19,21). The van der Waals surface area contributed by atoms with Crippen LogP contribution in [0.2, 0.25) is 0 Å². The van der Waals surface area contributed by atoms with Crippen molar-refractivity contribution in [3.63, 3.8) is 0 Å². The number of ether oxygens (including phenoxy) is 1. The maximum atomic E-state index is 12.6. The van der Waals surface area contributed by atoms with Gasteiger partial charge in [-0.25, -0.2) is 13.2 Å². The molecule has 0 saturated carbocycles. The number of rotatable bonds is 5. The van der Waals surface area contributed by atoms with Crippen LogP contribution in [0, 0.1) is 6.92 Å². The van der Waals surface area contributed by atoms with Crippen LogP contribution in [0.15, 0.2) is 42.5 Å². The lowest BCUT2D eigenvalue weighted by Gasteiger charge is -2.20. The van der Waals surface area contributed by atoms with Crippen molar-refractivity contribution in [2.24, 2.45) is 0 Å². The number of hydrogen-bond acceptors (Lipinski definition) is 5. The number of amides is 1. The molecular formula is C18H20N2O5S. The smallest absolute Gasteiger partial charge is 0.339 e. The number of anilines is 2. The van der Waals surface area contributed by atoms with Crippen LogP contribution in [0.1, 0.15) is 26.3 Å². The second-order valence-corrected chi connectivity index (χ2v) is 7.74. The Labute approximate surface area is 152 Å². The molecule has 0 unspecified atom stereocenters. The number of sulfonamides is 1. The van der Waals surface area contributed by atoms with E-state index in [0.717, 1.165) is 10.6 Å². The molecule has 0 atom stereocenters. The molecule has 0 aliphatic carbocycles. The number of aryl methyl sites for hydroxylation is 1. The monoisotopic (exact) mass is 376 g/mol. The van der Waals surface area contributed by atoms with Gasteiger partial charge in [0.05, 0.1) is 30.3 Å². The van der Waals surface area contributed by atoms with Gasteiger partial charge in [0.25, 0.3) is 5.91 Å². The number of methoxy groups -OCH3 is 1. The minimum Gasteiger partial charge on any atom is -0.465 e. The second-order valence-electron chi connectivity index (χ2n) is 5.72. The number of esters is 1. The lowest BCUT2D eigenvalue weighted by atomic mass is 10.1. The summed E-state index contributed by atoms with van der Waals surface area (Å²) in [6.07, 6.45) is 1.09. The van der Waals surface area contributed by atoms with E-state index in [2.05, 4.69) is 5.32 Å². The third kappa shape index (κ3) is 4.20. The normalized spacial score (nSPS) is 10.9. The Hall–Kier alpha value is -2.87. The highest BCUT2D eigenvalue weighted by Gasteiger charge is 2.18. The van der Waals surface area contributed by atoms with Crippen molar-refractivity contribution < 1.29 is 22.7 Å². The van der Waals surface area contributed by atoms with Crippen molar-refractivity contribution in [1.82, 2.24) is 0 Å². The number of carbonyl (C=O) groups excluding carboxylic acids is 2. The summed E-state index contributed by atoms with van der Waals surface area (Å²) in [7, 11) is -0.780. The molecule has 2 rings (SSSR count). The molecule has 2 aromatic carbocycles. The fourth-order valence-electron chi connectivity index (χ4n) is 2.34. The number of carbonyl (C=O) groups is 2. The summed E-state index contributed by atoms with van der Waals surface area (Å²) < 4.78 is 29.4. The maximum Gasteiger partial charge on any atom is 0.339 e. The molecule has 138 valence electrons. The highest BCUT2D eigenvalue weighted by atomic mass is 32.2. The van der Waals surface area contributed by atoms with E-state index < -0.39 is 21.9 Å². The van der Waals surface area contributed by atoms with Gasteiger partial charge in [0, 0.05) is 12.6 Å². The SMILES string of the molecule is COC(=O)c1ccccc1NC(=O)c1ccc(C)c(N(C)S(C)(=O)=O)c1. The molecule has 0 heterocycles. The van der Waals surface area contributed by atoms with Crippen molar-refractivity contribution >= 4 is 33.3 Å². The Bertz CT molecular complexity index is 954. The van der Waals surface area contributed by atoms with Crippen LogP contribution in [-0.4, -0.2) is 40.7 Å². The minimum atomic E-state index is -3.46. The molecule has 0 spiro atoms. The van der Waals surface area contributed by atoms with E-state index in [4.69, 9.17) is 4.74 Å². The fraction of sp³-hybridized carbons (Fsp3) is 0.222. The van der Waals surface area contributed by atoms with Crippen molar-refractivity contribution in [1.29, 1.82) is 0 Å². The fourth-order valence-corrected chi connectivity index (χ4v) is 2.90. The first-order chi connectivity index (χ1) is 12.1. The maximum absolute atomic E-state index is 12.6. The third-order valence-electron chi connectivity index (χ3n) is 3.89. The number of nitrogens with one attached hydrogen (secondary N) is 1. The van der Waals surface area contributed by atoms with Crippen molar-refractivity contribution in [3.8, 4) is 0 Å². The van der Waals surface area contributed by atoms with Crippen molar-refractivity contribution in [2.75, 3.05) is 30.0 Å². The van der Waals surface area contributed by atoms with Gasteiger partial charge in [-0.1, -0.05) is 18.2 Å². The van der Waals surface area contributed by atoms with Gasteiger partial charge in [-0.2, -0.15) is 0 Å². The van der Waals surface area contributed by atoms with Crippen molar-refractivity contribution in [2.45, 2.75) is 6.92 Å². The Balaban J connectivity index is 2.36. The molecule has 0 radical (unpaired) electrons. The average molecular weight is 376 g/mol. The first kappa shape index (κ1) is 19.5. The molecule has 0 saturated heterocycles. The highest BCUT2D eigenvalue weighted by Crippen LogP contribution is 2.24. The van der Waals surface area contributed by atoms with Crippen LogP contribution in [0.4, 0.5) is 11.4 Å². The number of hydrogen-bond donors (Lipinski definition) is 1. The molecule has 1 amide bonds. The van der Waals surface area contributed by atoms with Crippen LogP contribution < -0.4 is 9.62 Å². The van der Waals surface area contributed by atoms with Crippen LogP contribution in [0.5, 0.6) is 0 Å². The van der Waals surface area contributed by atoms with Gasteiger partial charge in [0.1, 0.15) is 0 Å². The topological polar surface area (TPSA) is 92.8 Å². The van der Waals surface area contributed by atoms with E-state index in [1.54, 1.807) is 43.3 Å². The first-order valence-corrected chi connectivity index (χ1v) is 9.53. The molecule has 0 aliphatic rings. The second kappa shape index (κ2) is 7.57. The van der Waals surface area contributed by atoms with Gasteiger partial charge in [-0.3, -0.25) is 9.10 Å². The van der Waals surface area contributed by atoms with Crippen LogP contribution in [-0.2, 0) is 14.8 Å². The van der Waals surface area contributed by atoms with Crippen LogP contribution in [0.25, 0.3) is 0 Å². The Kier molecular flexibility index (Phi) is 5.66. The molecule has 0 bridgehead atoms. The van der Waals surface area contributed by atoms with Gasteiger partial charge >= 0.3 is 5.97 Å². The molecule has 1 N–H and O–H groups in total. The molecule has 0 aromatic heterocycles. The van der Waals surface area contributed by atoms with Gasteiger partial charge in [-0.05, 0) is 36.8 Å². The first-order valence-electron chi connectivity index (χ1n) is 7.68. The van der Waals surface area contributed by atoms with E-state index in [-0.39, 0.29) is 11.1 Å². The summed E-state index contributed by atoms with van der Waals surface area (Å²) >= 11 is 0. The van der Waals surface area contributed by atoms with Crippen LogP contribution >= 0.6 is 0 Å². The Morgan fingerprint density at radius 1 is 1.12 bits per heavy atom. The summed E-state index contributed by atoms with van der Waals surface area (Å²) in [5.41, 5.74) is 1.92. The van der Waals surface area contributed by atoms with Gasteiger partial charge in [0.15, 0.2) is 0 Å². The molecule has 26 heavy (non-hydrogen) atoms. The summed E-state index contributed by atoms with van der Waals surface area (Å²) in [6, 6.07) is 11.2. The number of para-hydroxylation sites is 1. The Morgan fingerprint density at radius 3 is 2.38 bits per heavy atom. The van der Waals surface area contributed by atoms with Crippen molar-refractivity contribution in [3.05, 3.63) is 59.2 Å². The zero-order valence-corrected chi connectivity index (χ0v) is 15.8. The molecule has 2 aromatic rings. The van der Waals surface area contributed by atoms with E-state index >= 15 is 0 Å². The van der Waals surface area contributed by atoms with Gasteiger partial charge in [0.2, 0.25) is 10.0 Å². The summed E-state index contributed by atoms with van der Waals surface area (Å²) in [5, 5.41) is 2.66. The largest absolute Gasteiger partial charge is 0.465 e. The summed E-state index contributed by atoms with van der Waals surface area (Å²) in [4.78, 5) is 24.4. The molecule has 7 nitrogen and oxygen atoms in total. The van der Waals surface area contributed by atoms with E-state index in [1.807, 2.05) is 0 Å². The number of benzene rings is 2. The van der Waals surface area contributed by atoms with E-state index in [9.17, 15) is 18.0 Å². The quantitative estimate of drug-likeness (QED) is 0.809. The van der Waals surface area contributed by atoms with E-state index in [0.29, 0.717) is 16.9 Å². The molecule has 8 heteroatoms. The molecule has 0 fully saturated rings.